The van der Waals surface area contributed by atoms with Crippen LogP contribution in [0.4, 0.5) is 11.4 Å². The molecule has 1 amide bonds. The summed E-state index contributed by atoms with van der Waals surface area (Å²) >= 11 is 1.05. The lowest BCUT2D eigenvalue weighted by Crippen LogP contribution is -2.13. The van der Waals surface area contributed by atoms with Gasteiger partial charge in [0.1, 0.15) is 11.6 Å². The third-order valence-corrected chi connectivity index (χ3v) is 4.48. The van der Waals surface area contributed by atoms with Crippen molar-refractivity contribution in [2.24, 2.45) is 0 Å². The molecule has 1 aromatic carbocycles. The lowest BCUT2D eigenvalue weighted by molar-refractivity contribution is -0.387. The highest BCUT2D eigenvalue weighted by Crippen LogP contribution is 2.33. The van der Waals surface area contributed by atoms with E-state index in [-0.39, 0.29) is 11.3 Å². The average Bonchev–Trinajstić information content (AvgIpc) is 2.74. The Labute approximate surface area is 169 Å². The number of nitriles is 1. The van der Waals surface area contributed by atoms with Crippen molar-refractivity contribution in [3.63, 3.8) is 0 Å². The van der Waals surface area contributed by atoms with E-state index in [4.69, 9.17) is 0 Å². The fourth-order valence-electron chi connectivity index (χ4n) is 2.24. The van der Waals surface area contributed by atoms with Crippen LogP contribution in [0.2, 0.25) is 0 Å². The fourth-order valence-corrected chi connectivity index (χ4v) is 3.04. The number of aromatic nitrogens is 3. The molecule has 29 heavy (non-hydrogen) atoms. The highest BCUT2D eigenvalue weighted by Gasteiger charge is 2.17. The number of carbonyl (C=O) groups excluding carboxylic acids is 1. The maximum absolute atomic E-state index is 12.3. The topological polar surface area (TPSA) is 135 Å². The van der Waals surface area contributed by atoms with E-state index in [1.54, 1.807) is 42.9 Å². The third kappa shape index (κ3) is 5.21. The predicted molar refractivity (Wildman–Crippen MR) is 106 cm³/mol. The van der Waals surface area contributed by atoms with Crippen molar-refractivity contribution in [1.82, 2.24) is 15.0 Å². The van der Waals surface area contributed by atoms with Crippen LogP contribution in [0.5, 0.6) is 0 Å². The summed E-state index contributed by atoms with van der Waals surface area (Å²) in [6, 6.07) is 11.1. The second-order valence-electron chi connectivity index (χ2n) is 5.48. The molecule has 2 aromatic heterocycles. The molecule has 0 radical (unpaired) electrons. The number of rotatable bonds is 6. The maximum atomic E-state index is 12.3. The summed E-state index contributed by atoms with van der Waals surface area (Å²) in [5.41, 5.74) is 0.392. The highest BCUT2D eigenvalue weighted by molar-refractivity contribution is 7.99. The van der Waals surface area contributed by atoms with Gasteiger partial charge in [0, 0.05) is 24.7 Å². The molecule has 0 unspecified atom stereocenters. The zero-order chi connectivity index (χ0) is 20.6. The van der Waals surface area contributed by atoms with Crippen molar-refractivity contribution in [3.05, 3.63) is 82.4 Å². The number of pyridine rings is 1. The lowest BCUT2D eigenvalue weighted by Gasteiger charge is -2.05. The fraction of sp³-hybridized carbons (Fsp3) is 0. The first-order valence-corrected chi connectivity index (χ1v) is 8.95. The number of carbonyl (C=O) groups is 1. The normalized spacial score (nSPS) is 10.8. The van der Waals surface area contributed by atoms with Gasteiger partial charge < -0.3 is 5.32 Å². The van der Waals surface area contributed by atoms with Crippen molar-refractivity contribution in [2.45, 2.75) is 10.1 Å². The molecule has 142 valence electrons. The molecule has 0 aliphatic heterocycles. The number of hydrogen-bond acceptors (Lipinski definition) is 8. The molecule has 0 saturated carbocycles. The van der Waals surface area contributed by atoms with Gasteiger partial charge in [-0.15, -0.1) is 0 Å². The van der Waals surface area contributed by atoms with Crippen molar-refractivity contribution in [2.75, 3.05) is 5.32 Å². The Morgan fingerprint density at radius 1 is 1.21 bits per heavy atom. The zero-order valence-electron chi connectivity index (χ0n) is 14.7. The molecular weight excluding hydrogens is 392 g/mol. The molecule has 3 aromatic rings. The van der Waals surface area contributed by atoms with Gasteiger partial charge in [-0.25, -0.2) is 9.97 Å². The van der Waals surface area contributed by atoms with Crippen LogP contribution < -0.4 is 5.32 Å². The Morgan fingerprint density at radius 2 is 2.00 bits per heavy atom. The number of nitrogens with zero attached hydrogens (tertiary/aromatic N) is 5. The highest BCUT2D eigenvalue weighted by atomic mass is 32.2. The monoisotopic (exact) mass is 404 g/mol. The van der Waals surface area contributed by atoms with Crippen molar-refractivity contribution in [1.29, 1.82) is 5.26 Å². The quantitative estimate of drug-likeness (QED) is 0.217. The van der Waals surface area contributed by atoms with E-state index >= 15 is 0 Å². The number of nitro groups is 1. The van der Waals surface area contributed by atoms with Gasteiger partial charge in [0.15, 0.2) is 5.16 Å². The number of nitrogens with one attached hydrogen (secondary N) is 1. The number of nitro benzene ring substituents is 1. The Hall–Kier alpha value is -4.10. The van der Waals surface area contributed by atoms with E-state index in [9.17, 15) is 20.2 Å². The predicted octanol–water partition coefficient (Wildman–Crippen LogP) is 3.48. The Balaban J connectivity index is 1.87. The minimum Gasteiger partial charge on any atom is -0.320 e. The summed E-state index contributed by atoms with van der Waals surface area (Å²) in [5, 5.41) is 23.7. The summed E-state index contributed by atoms with van der Waals surface area (Å²) in [7, 11) is 0. The van der Waals surface area contributed by atoms with E-state index in [1.165, 1.54) is 24.4 Å². The van der Waals surface area contributed by atoms with Crippen molar-refractivity contribution in [3.8, 4) is 6.07 Å². The van der Waals surface area contributed by atoms with Crippen LogP contribution in [-0.4, -0.2) is 25.8 Å². The molecule has 2 heterocycles. The average molecular weight is 404 g/mol. The second kappa shape index (κ2) is 9.20. The summed E-state index contributed by atoms with van der Waals surface area (Å²) in [4.78, 5) is 35.5. The molecule has 0 fully saturated rings. The largest absolute Gasteiger partial charge is 0.320 e. The number of anilines is 1. The summed E-state index contributed by atoms with van der Waals surface area (Å²) in [6.07, 6.45) is 7.36. The van der Waals surface area contributed by atoms with Gasteiger partial charge in [0.2, 0.25) is 0 Å². The van der Waals surface area contributed by atoms with Gasteiger partial charge in [0.05, 0.1) is 21.7 Å². The van der Waals surface area contributed by atoms with Crippen LogP contribution >= 0.6 is 11.8 Å². The van der Waals surface area contributed by atoms with Crippen LogP contribution in [0.1, 0.15) is 5.56 Å². The minimum atomic E-state index is -0.640. The van der Waals surface area contributed by atoms with Crippen LogP contribution in [0.25, 0.3) is 6.08 Å². The van der Waals surface area contributed by atoms with Gasteiger partial charge in [-0.3, -0.25) is 19.9 Å². The molecule has 3 rings (SSSR count). The minimum absolute atomic E-state index is 0.179. The Bertz CT molecular complexity index is 1110. The first kappa shape index (κ1) is 19.7. The molecule has 0 aliphatic carbocycles. The van der Waals surface area contributed by atoms with Crippen molar-refractivity contribution >= 4 is 35.1 Å². The molecule has 0 spiro atoms. The van der Waals surface area contributed by atoms with Gasteiger partial charge in [0.25, 0.3) is 11.6 Å². The maximum Gasteiger partial charge on any atom is 0.283 e. The number of hydrogen-bond donors (Lipinski definition) is 1. The molecule has 0 saturated heterocycles. The molecule has 0 bridgehead atoms. The van der Waals surface area contributed by atoms with Gasteiger partial charge in [-0.2, -0.15) is 5.26 Å². The molecule has 9 nitrogen and oxygen atoms in total. The Kier molecular flexibility index (Phi) is 6.24. The van der Waals surface area contributed by atoms with E-state index in [0.29, 0.717) is 21.3 Å². The van der Waals surface area contributed by atoms with Crippen LogP contribution in [0.3, 0.4) is 0 Å². The second-order valence-corrected chi connectivity index (χ2v) is 6.49. The van der Waals surface area contributed by atoms with Crippen molar-refractivity contribution < 1.29 is 9.72 Å². The summed E-state index contributed by atoms with van der Waals surface area (Å²) in [5.74, 6) is -0.640. The smallest absolute Gasteiger partial charge is 0.283 e. The van der Waals surface area contributed by atoms with Crippen LogP contribution in [0, 0.1) is 21.4 Å². The molecule has 10 heteroatoms. The lowest BCUT2D eigenvalue weighted by atomic mass is 10.1. The first-order chi connectivity index (χ1) is 14.1. The SMILES string of the molecule is N#C/C(=C\c1ccc(Sc2ncccn2)c([N+](=O)[O-])c1)C(=O)Nc1cccnc1. The zero-order valence-corrected chi connectivity index (χ0v) is 15.5. The van der Waals surface area contributed by atoms with Gasteiger partial charge in [-0.05, 0) is 47.7 Å². The summed E-state index contributed by atoms with van der Waals surface area (Å²) in [6.45, 7) is 0. The van der Waals surface area contributed by atoms with E-state index in [1.807, 2.05) is 6.07 Å². The molecule has 0 aliphatic rings. The van der Waals surface area contributed by atoms with E-state index in [2.05, 4.69) is 20.3 Å². The van der Waals surface area contributed by atoms with Gasteiger partial charge in [-0.1, -0.05) is 6.07 Å². The summed E-state index contributed by atoms with van der Waals surface area (Å²) < 4.78 is 0. The number of benzene rings is 1. The molecular formula is C19H12N6O3S. The van der Waals surface area contributed by atoms with E-state index in [0.717, 1.165) is 11.8 Å². The first-order valence-electron chi connectivity index (χ1n) is 8.13. The molecule has 0 atom stereocenters. The van der Waals surface area contributed by atoms with Crippen LogP contribution in [0.15, 0.2) is 76.8 Å². The van der Waals surface area contributed by atoms with E-state index < -0.39 is 10.8 Å². The van der Waals surface area contributed by atoms with Crippen LogP contribution in [-0.2, 0) is 4.79 Å². The number of amides is 1. The van der Waals surface area contributed by atoms with Gasteiger partial charge >= 0.3 is 0 Å². The third-order valence-electron chi connectivity index (χ3n) is 3.52. The Morgan fingerprint density at radius 3 is 2.66 bits per heavy atom. The standard InChI is InChI=1S/C19H12N6O3S/c20-11-14(18(26)24-15-3-1-6-21-12-15)9-13-4-5-17(16(10-13)25(27)28)29-19-22-7-2-8-23-19/h1-10,12H,(H,24,26)/b14-9+. The molecule has 1 N–H and O–H groups in total.